The van der Waals surface area contributed by atoms with Crippen molar-refractivity contribution in [2.24, 2.45) is 0 Å². The summed E-state index contributed by atoms with van der Waals surface area (Å²) in [7, 11) is 0. The fraction of sp³-hybridized carbons (Fsp3) is 0.235. The van der Waals surface area contributed by atoms with Crippen LogP contribution in [0.15, 0.2) is 53.3 Å². The van der Waals surface area contributed by atoms with Gasteiger partial charge in [0.25, 0.3) is 0 Å². The molecule has 0 aliphatic rings. The first kappa shape index (κ1) is 13.6. The number of nitrogens with zero attached hydrogens (tertiary/aromatic N) is 1. The standard InChI is InChI=1S/C17H18N2O2/c1-2-18-10-13-9-14(20-11-13)12-21-17-7-3-6-16-15(17)5-4-8-19-16/h3-9,11,18H,2,10,12H2,1H3. The molecule has 0 fully saturated rings. The molecule has 1 aromatic carbocycles. The van der Waals surface area contributed by atoms with E-state index in [0.717, 1.165) is 41.1 Å². The summed E-state index contributed by atoms with van der Waals surface area (Å²) in [6, 6.07) is 11.8. The van der Waals surface area contributed by atoms with E-state index >= 15 is 0 Å². The molecule has 0 amide bonds. The number of furan rings is 1. The fourth-order valence-corrected chi connectivity index (χ4v) is 2.21. The highest BCUT2D eigenvalue weighted by Gasteiger charge is 2.05. The lowest BCUT2D eigenvalue weighted by Gasteiger charge is -2.07. The van der Waals surface area contributed by atoms with Gasteiger partial charge in [0.1, 0.15) is 18.1 Å². The molecule has 0 saturated carbocycles. The van der Waals surface area contributed by atoms with Crippen molar-refractivity contribution in [1.29, 1.82) is 0 Å². The van der Waals surface area contributed by atoms with Crippen LogP contribution in [0.3, 0.4) is 0 Å². The summed E-state index contributed by atoms with van der Waals surface area (Å²) < 4.78 is 11.4. The molecule has 0 radical (unpaired) electrons. The van der Waals surface area contributed by atoms with Gasteiger partial charge >= 0.3 is 0 Å². The van der Waals surface area contributed by atoms with Gasteiger partial charge in [0.15, 0.2) is 0 Å². The van der Waals surface area contributed by atoms with E-state index in [2.05, 4.69) is 17.2 Å². The minimum absolute atomic E-state index is 0.417. The first-order valence-electron chi connectivity index (χ1n) is 7.10. The van der Waals surface area contributed by atoms with Gasteiger partial charge in [0, 0.05) is 23.7 Å². The van der Waals surface area contributed by atoms with E-state index in [1.54, 1.807) is 12.5 Å². The Morgan fingerprint density at radius 2 is 2.19 bits per heavy atom. The summed E-state index contributed by atoms with van der Waals surface area (Å²) in [4.78, 5) is 4.32. The number of fused-ring (bicyclic) bond motifs is 1. The quantitative estimate of drug-likeness (QED) is 0.751. The van der Waals surface area contributed by atoms with Gasteiger partial charge in [0.05, 0.1) is 11.8 Å². The van der Waals surface area contributed by atoms with Crippen LogP contribution in [-0.4, -0.2) is 11.5 Å². The maximum atomic E-state index is 5.87. The zero-order valence-electron chi connectivity index (χ0n) is 12.0. The van der Waals surface area contributed by atoms with Crippen molar-refractivity contribution in [2.45, 2.75) is 20.1 Å². The molecule has 4 heteroatoms. The summed E-state index contributed by atoms with van der Waals surface area (Å²) in [5.74, 6) is 1.65. The zero-order valence-corrected chi connectivity index (χ0v) is 12.0. The van der Waals surface area contributed by atoms with E-state index in [9.17, 15) is 0 Å². The number of rotatable bonds is 6. The molecule has 21 heavy (non-hydrogen) atoms. The van der Waals surface area contributed by atoms with Crippen LogP contribution in [0.5, 0.6) is 5.75 Å². The topological polar surface area (TPSA) is 47.3 Å². The molecule has 0 bridgehead atoms. The van der Waals surface area contributed by atoms with Crippen LogP contribution in [0.2, 0.25) is 0 Å². The molecule has 2 heterocycles. The van der Waals surface area contributed by atoms with Crippen molar-refractivity contribution in [3.8, 4) is 5.75 Å². The van der Waals surface area contributed by atoms with Gasteiger partial charge in [-0.3, -0.25) is 4.98 Å². The van der Waals surface area contributed by atoms with E-state index in [0.29, 0.717) is 6.61 Å². The monoisotopic (exact) mass is 282 g/mol. The Labute approximate surface area is 123 Å². The molecule has 3 rings (SSSR count). The maximum absolute atomic E-state index is 5.87. The van der Waals surface area contributed by atoms with Gasteiger partial charge in [-0.25, -0.2) is 0 Å². The van der Waals surface area contributed by atoms with Gasteiger partial charge in [0.2, 0.25) is 0 Å². The molecule has 0 unspecified atom stereocenters. The molecule has 108 valence electrons. The molecule has 4 nitrogen and oxygen atoms in total. The maximum Gasteiger partial charge on any atom is 0.146 e. The average Bonchev–Trinajstić information content (AvgIpc) is 2.99. The molecular formula is C17H18N2O2. The number of nitrogens with one attached hydrogen (secondary N) is 1. The second-order valence-corrected chi connectivity index (χ2v) is 4.82. The van der Waals surface area contributed by atoms with Gasteiger partial charge in [-0.15, -0.1) is 0 Å². The molecule has 0 aliphatic carbocycles. The highest BCUT2D eigenvalue weighted by atomic mass is 16.5. The summed E-state index contributed by atoms with van der Waals surface area (Å²) >= 11 is 0. The largest absolute Gasteiger partial charge is 0.485 e. The van der Waals surface area contributed by atoms with Gasteiger partial charge in [-0.1, -0.05) is 13.0 Å². The van der Waals surface area contributed by atoms with Crippen LogP contribution in [-0.2, 0) is 13.2 Å². The van der Waals surface area contributed by atoms with E-state index in [-0.39, 0.29) is 0 Å². The first-order valence-corrected chi connectivity index (χ1v) is 7.10. The second-order valence-electron chi connectivity index (χ2n) is 4.82. The van der Waals surface area contributed by atoms with Crippen LogP contribution in [0, 0.1) is 0 Å². The van der Waals surface area contributed by atoms with Gasteiger partial charge in [-0.2, -0.15) is 0 Å². The fourth-order valence-electron chi connectivity index (χ4n) is 2.21. The van der Waals surface area contributed by atoms with Gasteiger partial charge < -0.3 is 14.5 Å². The number of pyridine rings is 1. The normalized spacial score (nSPS) is 10.9. The number of hydrogen-bond acceptors (Lipinski definition) is 4. The Morgan fingerprint density at radius 3 is 3.10 bits per heavy atom. The minimum atomic E-state index is 0.417. The Morgan fingerprint density at radius 1 is 1.24 bits per heavy atom. The number of ether oxygens (including phenoxy) is 1. The van der Waals surface area contributed by atoms with Crippen molar-refractivity contribution in [2.75, 3.05) is 6.54 Å². The van der Waals surface area contributed by atoms with Crippen molar-refractivity contribution in [3.05, 3.63) is 60.2 Å². The van der Waals surface area contributed by atoms with Crippen LogP contribution in [0.4, 0.5) is 0 Å². The Bertz CT molecular complexity index is 716. The average molecular weight is 282 g/mol. The Kier molecular flexibility index (Phi) is 4.17. The lowest BCUT2D eigenvalue weighted by Crippen LogP contribution is -2.10. The third-order valence-corrected chi connectivity index (χ3v) is 3.26. The summed E-state index contributed by atoms with van der Waals surface area (Å²) in [5.41, 5.74) is 2.07. The minimum Gasteiger partial charge on any atom is -0.485 e. The third kappa shape index (κ3) is 3.23. The molecule has 0 atom stereocenters. The van der Waals surface area contributed by atoms with E-state index in [1.165, 1.54) is 0 Å². The Balaban J connectivity index is 1.70. The Hall–Kier alpha value is -2.33. The second kappa shape index (κ2) is 6.41. The van der Waals surface area contributed by atoms with Crippen molar-refractivity contribution < 1.29 is 9.15 Å². The van der Waals surface area contributed by atoms with E-state index < -0.39 is 0 Å². The number of hydrogen-bond donors (Lipinski definition) is 1. The smallest absolute Gasteiger partial charge is 0.146 e. The summed E-state index contributed by atoms with van der Waals surface area (Å²) in [5, 5.41) is 4.28. The van der Waals surface area contributed by atoms with Crippen LogP contribution in [0.1, 0.15) is 18.2 Å². The zero-order chi connectivity index (χ0) is 14.5. The third-order valence-electron chi connectivity index (χ3n) is 3.26. The predicted molar refractivity (Wildman–Crippen MR) is 82.2 cm³/mol. The highest BCUT2D eigenvalue weighted by Crippen LogP contribution is 2.24. The van der Waals surface area contributed by atoms with Crippen LogP contribution >= 0.6 is 0 Å². The first-order chi connectivity index (χ1) is 10.4. The molecular weight excluding hydrogens is 264 g/mol. The van der Waals surface area contributed by atoms with Crippen molar-refractivity contribution >= 4 is 10.9 Å². The lowest BCUT2D eigenvalue weighted by molar-refractivity contribution is 0.273. The summed E-state index contributed by atoms with van der Waals surface area (Å²) in [6.45, 7) is 4.26. The van der Waals surface area contributed by atoms with Crippen LogP contribution < -0.4 is 10.1 Å². The SMILES string of the molecule is CCNCc1coc(COc2cccc3ncccc23)c1. The van der Waals surface area contributed by atoms with E-state index in [1.807, 2.05) is 36.4 Å². The predicted octanol–water partition coefficient (Wildman–Crippen LogP) is 3.52. The van der Waals surface area contributed by atoms with Gasteiger partial charge in [-0.05, 0) is 36.9 Å². The molecule has 1 N–H and O–H groups in total. The highest BCUT2D eigenvalue weighted by molar-refractivity contribution is 5.84. The van der Waals surface area contributed by atoms with Crippen molar-refractivity contribution in [1.82, 2.24) is 10.3 Å². The summed E-state index contributed by atoms with van der Waals surface area (Å²) in [6.07, 6.45) is 3.55. The molecule has 3 aromatic rings. The molecule has 0 saturated heterocycles. The lowest BCUT2D eigenvalue weighted by atomic mass is 10.2. The molecule has 0 aliphatic heterocycles. The van der Waals surface area contributed by atoms with Crippen LogP contribution in [0.25, 0.3) is 10.9 Å². The van der Waals surface area contributed by atoms with E-state index in [4.69, 9.17) is 9.15 Å². The number of benzene rings is 1. The molecule has 0 spiro atoms. The molecule has 2 aromatic heterocycles. The number of aromatic nitrogens is 1. The van der Waals surface area contributed by atoms with Crippen molar-refractivity contribution in [3.63, 3.8) is 0 Å².